The molecule has 144 valence electrons. The minimum absolute atomic E-state index is 0.416. The molecule has 1 amide bonds. The van der Waals surface area contributed by atoms with Crippen LogP contribution in [-0.2, 0) is 13.1 Å². The third kappa shape index (κ3) is 4.38. The number of rotatable bonds is 7. The minimum atomic E-state index is -0.416. The summed E-state index contributed by atoms with van der Waals surface area (Å²) in [4.78, 5) is 13.6. The molecule has 7 heteroatoms. The maximum atomic E-state index is 11.2. The number of benzene rings is 2. The summed E-state index contributed by atoms with van der Waals surface area (Å²) in [5.41, 5.74) is 8.43. The van der Waals surface area contributed by atoms with Gasteiger partial charge in [-0.1, -0.05) is 40.5 Å². The van der Waals surface area contributed by atoms with E-state index in [1.165, 1.54) is 12.8 Å². The Morgan fingerprint density at radius 3 is 2.50 bits per heavy atom. The number of halogens is 2. The van der Waals surface area contributed by atoms with Gasteiger partial charge in [-0.15, -0.1) is 0 Å². The van der Waals surface area contributed by atoms with Gasteiger partial charge in [0.25, 0.3) is 0 Å². The number of nitrogens with zero attached hydrogens (tertiary/aromatic N) is 2. The highest BCUT2D eigenvalue weighted by Gasteiger charge is 2.30. The van der Waals surface area contributed by atoms with Crippen LogP contribution in [0.5, 0.6) is 0 Å². The van der Waals surface area contributed by atoms with Crippen molar-refractivity contribution in [3.8, 4) is 11.3 Å². The molecule has 1 aliphatic rings. The second-order valence-corrected chi connectivity index (χ2v) is 7.84. The summed E-state index contributed by atoms with van der Waals surface area (Å²) in [5, 5.41) is 5.29. The molecule has 0 atom stereocenters. The van der Waals surface area contributed by atoms with E-state index in [0.717, 1.165) is 23.4 Å². The van der Waals surface area contributed by atoms with Gasteiger partial charge in [-0.3, -0.25) is 9.69 Å². The number of aromatic nitrogens is 1. The zero-order valence-electron chi connectivity index (χ0n) is 15.1. The molecule has 3 aromatic rings. The maximum Gasteiger partial charge on any atom is 0.248 e. The average Bonchev–Trinajstić information content (AvgIpc) is 3.41. The maximum absolute atomic E-state index is 11.2. The van der Waals surface area contributed by atoms with Crippen LogP contribution in [0.2, 0.25) is 10.0 Å². The van der Waals surface area contributed by atoms with Crippen LogP contribution in [0.3, 0.4) is 0 Å². The molecule has 5 nitrogen and oxygen atoms in total. The van der Waals surface area contributed by atoms with E-state index in [4.69, 9.17) is 33.5 Å². The fourth-order valence-corrected chi connectivity index (χ4v) is 3.68. The molecule has 1 aliphatic carbocycles. The van der Waals surface area contributed by atoms with E-state index in [2.05, 4.69) is 10.1 Å². The second kappa shape index (κ2) is 7.95. The van der Waals surface area contributed by atoms with Gasteiger partial charge < -0.3 is 10.3 Å². The van der Waals surface area contributed by atoms with Crippen molar-refractivity contribution in [2.45, 2.75) is 32.0 Å². The number of hydrogen-bond acceptors (Lipinski definition) is 4. The van der Waals surface area contributed by atoms with Gasteiger partial charge in [-0.05, 0) is 48.7 Å². The van der Waals surface area contributed by atoms with Crippen LogP contribution in [-0.4, -0.2) is 22.0 Å². The topological polar surface area (TPSA) is 72.4 Å². The van der Waals surface area contributed by atoms with Crippen molar-refractivity contribution in [1.82, 2.24) is 10.1 Å². The van der Waals surface area contributed by atoms with Crippen molar-refractivity contribution in [3.05, 3.63) is 75.5 Å². The third-order valence-corrected chi connectivity index (χ3v) is 5.36. The average molecular weight is 416 g/mol. The highest BCUT2D eigenvalue weighted by molar-refractivity contribution is 6.36. The summed E-state index contributed by atoms with van der Waals surface area (Å²) < 4.78 is 5.56. The molecule has 1 aromatic heterocycles. The standard InChI is InChI=1S/C21H19Cl2N3O2/c22-15-5-8-18(19(23)9-15)20-10-17(28-25-20)12-26(16-6-7-16)11-13-1-3-14(4-2-13)21(24)27/h1-5,8-10,16H,6-7,11-12H2,(H2,24,27). The largest absolute Gasteiger partial charge is 0.366 e. The molecular weight excluding hydrogens is 397 g/mol. The fourth-order valence-electron chi connectivity index (χ4n) is 3.17. The first kappa shape index (κ1) is 19.0. The Balaban J connectivity index is 1.48. The van der Waals surface area contributed by atoms with Crippen molar-refractivity contribution >= 4 is 29.1 Å². The summed E-state index contributed by atoms with van der Waals surface area (Å²) in [7, 11) is 0. The lowest BCUT2D eigenvalue weighted by Crippen LogP contribution is -2.24. The quantitative estimate of drug-likeness (QED) is 0.594. The van der Waals surface area contributed by atoms with Crippen LogP contribution in [0.1, 0.15) is 34.5 Å². The Morgan fingerprint density at radius 1 is 1.11 bits per heavy atom. The highest BCUT2D eigenvalue weighted by atomic mass is 35.5. The summed E-state index contributed by atoms with van der Waals surface area (Å²) in [6, 6.07) is 15.2. The molecule has 0 radical (unpaired) electrons. The molecule has 4 rings (SSSR count). The van der Waals surface area contributed by atoms with Crippen LogP contribution in [0.15, 0.2) is 53.1 Å². The van der Waals surface area contributed by atoms with Gasteiger partial charge >= 0.3 is 0 Å². The summed E-state index contributed by atoms with van der Waals surface area (Å²) in [6.07, 6.45) is 2.34. The third-order valence-electron chi connectivity index (χ3n) is 4.81. The van der Waals surface area contributed by atoms with Gasteiger partial charge in [0.15, 0.2) is 5.76 Å². The van der Waals surface area contributed by atoms with Crippen LogP contribution in [0.4, 0.5) is 0 Å². The number of hydrogen-bond donors (Lipinski definition) is 1. The molecule has 1 heterocycles. The number of carbonyl (C=O) groups excluding carboxylic acids is 1. The molecule has 2 N–H and O–H groups in total. The van der Waals surface area contributed by atoms with E-state index in [1.54, 1.807) is 24.3 Å². The lowest BCUT2D eigenvalue weighted by Gasteiger charge is -2.20. The van der Waals surface area contributed by atoms with Gasteiger partial charge in [-0.25, -0.2) is 0 Å². The van der Waals surface area contributed by atoms with E-state index in [-0.39, 0.29) is 0 Å². The SMILES string of the molecule is NC(=O)c1ccc(CN(Cc2cc(-c3ccc(Cl)cc3Cl)no2)C2CC2)cc1. The number of primary amides is 1. The molecular formula is C21H19Cl2N3O2. The van der Waals surface area contributed by atoms with Crippen LogP contribution < -0.4 is 5.73 Å². The molecule has 0 aliphatic heterocycles. The summed E-state index contributed by atoms with van der Waals surface area (Å²) in [5.74, 6) is 0.363. The Hall–Kier alpha value is -2.34. The second-order valence-electron chi connectivity index (χ2n) is 7.00. The zero-order chi connectivity index (χ0) is 19.7. The highest BCUT2D eigenvalue weighted by Crippen LogP contribution is 2.32. The van der Waals surface area contributed by atoms with Gasteiger partial charge in [0.1, 0.15) is 5.69 Å². The van der Waals surface area contributed by atoms with E-state index in [9.17, 15) is 4.79 Å². The Morgan fingerprint density at radius 2 is 1.86 bits per heavy atom. The number of nitrogens with two attached hydrogens (primary N) is 1. The molecule has 0 bridgehead atoms. The molecule has 2 aromatic carbocycles. The van der Waals surface area contributed by atoms with Crippen molar-refractivity contribution in [2.24, 2.45) is 5.73 Å². The molecule has 0 unspecified atom stereocenters. The van der Waals surface area contributed by atoms with Gasteiger partial charge in [0.05, 0.1) is 11.6 Å². The zero-order valence-corrected chi connectivity index (χ0v) is 16.6. The minimum Gasteiger partial charge on any atom is -0.366 e. The molecule has 1 saturated carbocycles. The summed E-state index contributed by atoms with van der Waals surface area (Å²) >= 11 is 12.2. The first-order chi connectivity index (χ1) is 13.5. The number of carbonyl (C=O) groups is 1. The van der Waals surface area contributed by atoms with Gasteiger partial charge in [0.2, 0.25) is 5.91 Å². The van der Waals surface area contributed by atoms with E-state index in [0.29, 0.717) is 33.9 Å². The normalized spacial score (nSPS) is 13.8. The Labute approximate surface area is 173 Å². The van der Waals surface area contributed by atoms with Crippen LogP contribution in [0.25, 0.3) is 11.3 Å². The lowest BCUT2D eigenvalue weighted by atomic mass is 10.1. The van der Waals surface area contributed by atoms with Gasteiger partial charge in [0, 0.05) is 34.8 Å². The van der Waals surface area contributed by atoms with Crippen LogP contribution >= 0.6 is 23.2 Å². The number of amides is 1. The fraction of sp³-hybridized carbons (Fsp3) is 0.238. The van der Waals surface area contributed by atoms with Crippen LogP contribution in [0, 0.1) is 0 Å². The summed E-state index contributed by atoms with van der Waals surface area (Å²) in [6.45, 7) is 1.42. The molecule has 28 heavy (non-hydrogen) atoms. The van der Waals surface area contributed by atoms with Crippen molar-refractivity contribution in [2.75, 3.05) is 0 Å². The molecule has 0 saturated heterocycles. The first-order valence-corrected chi connectivity index (χ1v) is 9.79. The Kier molecular flexibility index (Phi) is 5.40. The van der Waals surface area contributed by atoms with E-state index >= 15 is 0 Å². The first-order valence-electron chi connectivity index (χ1n) is 9.03. The molecule has 1 fully saturated rings. The van der Waals surface area contributed by atoms with Gasteiger partial charge in [-0.2, -0.15) is 0 Å². The Bertz CT molecular complexity index is 997. The van der Waals surface area contributed by atoms with E-state index < -0.39 is 5.91 Å². The predicted molar refractivity (Wildman–Crippen MR) is 109 cm³/mol. The van der Waals surface area contributed by atoms with Crippen molar-refractivity contribution in [1.29, 1.82) is 0 Å². The van der Waals surface area contributed by atoms with E-state index in [1.807, 2.05) is 24.3 Å². The predicted octanol–water partition coefficient (Wildman–Crippen LogP) is 4.91. The van der Waals surface area contributed by atoms with Crippen molar-refractivity contribution in [3.63, 3.8) is 0 Å². The lowest BCUT2D eigenvalue weighted by molar-refractivity contribution is 0.100. The smallest absolute Gasteiger partial charge is 0.248 e. The monoisotopic (exact) mass is 415 g/mol. The molecule has 0 spiro atoms. The van der Waals surface area contributed by atoms with Crippen molar-refractivity contribution < 1.29 is 9.32 Å².